The molecule has 4 aromatic rings. The van der Waals surface area contributed by atoms with E-state index in [1.54, 1.807) is 6.21 Å². The van der Waals surface area contributed by atoms with Crippen LogP contribution in [0.25, 0.3) is 22.7 Å². The highest BCUT2D eigenvalue weighted by atomic mass is 16.4. The van der Waals surface area contributed by atoms with Crippen LogP contribution in [-0.2, 0) is 0 Å². The molecule has 0 aliphatic carbocycles. The van der Waals surface area contributed by atoms with E-state index in [1.165, 1.54) is 0 Å². The number of oxazole rings is 1. The monoisotopic (exact) mass is 324 g/mol. The summed E-state index contributed by atoms with van der Waals surface area (Å²) in [7, 11) is 0. The van der Waals surface area contributed by atoms with Crippen molar-refractivity contribution in [2.75, 3.05) is 0 Å². The van der Waals surface area contributed by atoms with Gasteiger partial charge in [-0.1, -0.05) is 78.9 Å². The molecule has 0 aliphatic heterocycles. The fourth-order valence-electron chi connectivity index (χ4n) is 2.56. The number of aromatic nitrogens is 1. The molecule has 0 saturated heterocycles. The van der Waals surface area contributed by atoms with E-state index in [-0.39, 0.29) is 0 Å². The largest absolute Gasteiger partial charge is 0.418 e. The van der Waals surface area contributed by atoms with E-state index < -0.39 is 0 Å². The van der Waals surface area contributed by atoms with E-state index in [4.69, 9.17) is 4.42 Å². The van der Waals surface area contributed by atoms with Gasteiger partial charge in [0.25, 0.3) is 0 Å². The zero-order valence-electron chi connectivity index (χ0n) is 13.5. The summed E-state index contributed by atoms with van der Waals surface area (Å²) in [5, 5.41) is 0. The summed E-state index contributed by atoms with van der Waals surface area (Å²) >= 11 is 0. The minimum atomic E-state index is 0.508. The van der Waals surface area contributed by atoms with Gasteiger partial charge in [0.05, 0.1) is 0 Å². The summed E-state index contributed by atoms with van der Waals surface area (Å²) in [4.78, 5) is 9.23. The van der Waals surface area contributed by atoms with E-state index in [0.29, 0.717) is 11.8 Å². The molecule has 120 valence electrons. The maximum atomic E-state index is 5.97. The molecule has 0 bridgehead atoms. The first-order valence-electron chi connectivity index (χ1n) is 8.11. The third kappa shape index (κ3) is 3.40. The van der Waals surface area contributed by atoms with Crippen molar-refractivity contribution in [2.24, 2.45) is 4.99 Å². The Morgan fingerprint density at radius 3 is 1.88 bits per heavy atom. The number of hydrogen-bond donors (Lipinski definition) is 0. The summed E-state index contributed by atoms with van der Waals surface area (Å²) in [5.41, 5.74) is 3.67. The molecule has 0 N–H and O–H groups in total. The highest BCUT2D eigenvalue weighted by Crippen LogP contribution is 2.34. The molecule has 0 amide bonds. The Kier molecular flexibility index (Phi) is 4.21. The van der Waals surface area contributed by atoms with Crippen LogP contribution in [0.1, 0.15) is 5.56 Å². The van der Waals surface area contributed by atoms with Crippen molar-refractivity contribution in [3.05, 3.63) is 96.6 Å². The Morgan fingerprint density at radius 1 is 0.680 bits per heavy atom. The second-order valence-electron chi connectivity index (χ2n) is 5.57. The van der Waals surface area contributed by atoms with Crippen molar-refractivity contribution in [2.45, 2.75) is 0 Å². The van der Waals surface area contributed by atoms with Crippen molar-refractivity contribution in [3.63, 3.8) is 0 Å². The molecular weight excluding hydrogens is 308 g/mol. The SMILES string of the molecule is C(=Nc1oc(-c2ccccc2)nc1-c1ccccc1)c1ccccc1. The number of nitrogens with zero attached hydrogens (tertiary/aromatic N) is 2. The van der Waals surface area contributed by atoms with Crippen molar-refractivity contribution < 1.29 is 4.42 Å². The normalized spacial score (nSPS) is 11.0. The molecule has 3 heteroatoms. The van der Waals surface area contributed by atoms with Crippen LogP contribution >= 0.6 is 0 Å². The zero-order chi connectivity index (χ0) is 16.9. The highest BCUT2D eigenvalue weighted by molar-refractivity contribution is 5.83. The molecule has 1 heterocycles. The molecule has 0 unspecified atom stereocenters. The van der Waals surface area contributed by atoms with Gasteiger partial charge in [-0.05, 0) is 17.7 Å². The molecule has 0 spiro atoms. The third-order valence-corrected chi connectivity index (χ3v) is 3.81. The van der Waals surface area contributed by atoms with Gasteiger partial charge in [-0.15, -0.1) is 0 Å². The first kappa shape index (κ1) is 15.1. The average Bonchev–Trinajstić information content (AvgIpc) is 3.13. The van der Waals surface area contributed by atoms with Crippen LogP contribution in [-0.4, -0.2) is 11.2 Å². The minimum Gasteiger partial charge on any atom is -0.418 e. The first-order valence-corrected chi connectivity index (χ1v) is 8.11. The summed E-state index contributed by atoms with van der Waals surface area (Å²) in [6, 6.07) is 29.8. The predicted octanol–water partition coefficient (Wildman–Crippen LogP) is 5.76. The zero-order valence-corrected chi connectivity index (χ0v) is 13.5. The summed E-state index contributed by atoms with van der Waals surface area (Å²) in [5.74, 6) is 1.08. The molecular formula is C22H16N2O. The summed E-state index contributed by atoms with van der Waals surface area (Å²) < 4.78 is 5.97. The molecule has 1 aromatic heterocycles. The number of rotatable bonds is 4. The van der Waals surface area contributed by atoms with Crippen LogP contribution < -0.4 is 0 Å². The first-order chi connectivity index (χ1) is 12.4. The quantitative estimate of drug-likeness (QED) is 0.448. The van der Waals surface area contributed by atoms with Gasteiger partial charge >= 0.3 is 0 Å². The number of aliphatic imine (C=N–C) groups is 1. The van der Waals surface area contributed by atoms with Crippen molar-refractivity contribution in [3.8, 4) is 22.7 Å². The van der Waals surface area contributed by atoms with E-state index in [1.807, 2.05) is 91.0 Å². The molecule has 4 rings (SSSR count). The van der Waals surface area contributed by atoms with Crippen LogP contribution in [0.5, 0.6) is 0 Å². The Bertz CT molecular complexity index is 974. The van der Waals surface area contributed by atoms with Gasteiger partial charge in [0.15, 0.2) is 0 Å². The number of hydrogen-bond acceptors (Lipinski definition) is 3. The van der Waals surface area contributed by atoms with Gasteiger partial charge in [-0.2, -0.15) is 0 Å². The lowest BCUT2D eigenvalue weighted by Crippen LogP contribution is -1.81. The molecule has 0 radical (unpaired) electrons. The molecule has 0 aliphatic rings. The Morgan fingerprint density at radius 2 is 1.24 bits per heavy atom. The van der Waals surface area contributed by atoms with Crippen molar-refractivity contribution >= 4 is 12.1 Å². The molecule has 3 nitrogen and oxygen atoms in total. The lowest BCUT2D eigenvalue weighted by Gasteiger charge is -1.96. The van der Waals surface area contributed by atoms with Crippen molar-refractivity contribution in [1.29, 1.82) is 0 Å². The van der Waals surface area contributed by atoms with E-state index in [0.717, 1.165) is 22.4 Å². The Labute approximate surface area is 146 Å². The van der Waals surface area contributed by atoms with E-state index >= 15 is 0 Å². The second kappa shape index (κ2) is 6.97. The molecule has 25 heavy (non-hydrogen) atoms. The summed E-state index contributed by atoms with van der Waals surface area (Å²) in [6.07, 6.45) is 1.79. The fraction of sp³-hybridized carbons (Fsp3) is 0. The van der Waals surface area contributed by atoms with Gasteiger partial charge in [0.2, 0.25) is 11.8 Å². The molecule has 0 fully saturated rings. The second-order valence-corrected chi connectivity index (χ2v) is 5.57. The highest BCUT2D eigenvalue weighted by Gasteiger charge is 2.15. The van der Waals surface area contributed by atoms with Crippen LogP contribution in [0.2, 0.25) is 0 Å². The summed E-state index contributed by atoms with van der Waals surface area (Å²) in [6.45, 7) is 0. The van der Waals surface area contributed by atoms with Crippen LogP contribution in [0.3, 0.4) is 0 Å². The maximum Gasteiger partial charge on any atom is 0.248 e. The average molecular weight is 324 g/mol. The minimum absolute atomic E-state index is 0.508. The molecule has 0 saturated carbocycles. The van der Waals surface area contributed by atoms with E-state index in [9.17, 15) is 0 Å². The predicted molar refractivity (Wildman–Crippen MR) is 101 cm³/mol. The van der Waals surface area contributed by atoms with Gasteiger partial charge in [-0.3, -0.25) is 0 Å². The topological polar surface area (TPSA) is 38.4 Å². The van der Waals surface area contributed by atoms with Gasteiger partial charge in [0, 0.05) is 17.3 Å². The standard InChI is InChI=1S/C22H16N2O/c1-4-10-17(11-5-1)16-23-22-20(18-12-6-2-7-13-18)24-21(25-22)19-14-8-3-9-15-19/h1-16H. The van der Waals surface area contributed by atoms with Gasteiger partial charge in [-0.25, -0.2) is 9.98 Å². The van der Waals surface area contributed by atoms with Crippen LogP contribution in [0, 0.1) is 0 Å². The maximum absolute atomic E-state index is 5.97. The Balaban J connectivity index is 1.78. The van der Waals surface area contributed by atoms with Crippen LogP contribution in [0.4, 0.5) is 5.88 Å². The third-order valence-electron chi connectivity index (χ3n) is 3.81. The van der Waals surface area contributed by atoms with E-state index in [2.05, 4.69) is 9.98 Å². The lowest BCUT2D eigenvalue weighted by atomic mass is 10.1. The smallest absolute Gasteiger partial charge is 0.248 e. The number of benzene rings is 3. The Hall–Kier alpha value is -3.46. The molecule has 3 aromatic carbocycles. The fourth-order valence-corrected chi connectivity index (χ4v) is 2.56. The van der Waals surface area contributed by atoms with Crippen LogP contribution in [0.15, 0.2) is 100 Å². The van der Waals surface area contributed by atoms with Gasteiger partial charge in [0.1, 0.15) is 5.69 Å². The molecule has 0 atom stereocenters. The lowest BCUT2D eigenvalue weighted by molar-refractivity contribution is 0.585. The van der Waals surface area contributed by atoms with Gasteiger partial charge < -0.3 is 4.42 Å². The van der Waals surface area contributed by atoms with Crippen molar-refractivity contribution in [1.82, 2.24) is 4.98 Å².